The van der Waals surface area contributed by atoms with Crippen LogP contribution in [0.4, 0.5) is 0 Å². The van der Waals surface area contributed by atoms with Crippen LogP contribution in [0, 0.1) is 6.92 Å². The summed E-state index contributed by atoms with van der Waals surface area (Å²) in [5, 5.41) is 22.4. The number of hydrogen-bond donors (Lipinski definition) is 3. The predicted octanol–water partition coefficient (Wildman–Crippen LogP) is 4.99. The molecule has 24 heavy (non-hydrogen) atoms. The second kappa shape index (κ2) is 10.2. The van der Waals surface area contributed by atoms with Gasteiger partial charge in [0.2, 0.25) is 0 Å². The summed E-state index contributed by atoms with van der Waals surface area (Å²) in [5.41, 5.74) is 3.50. The van der Waals surface area contributed by atoms with Gasteiger partial charge in [0.1, 0.15) is 0 Å². The largest absolute Gasteiger partial charge is 0.504 e. The second-order valence-electron chi connectivity index (χ2n) is 5.85. The van der Waals surface area contributed by atoms with Crippen LogP contribution >= 0.6 is 0 Å². The Labute approximate surface area is 145 Å². The molecule has 0 fully saturated rings. The predicted molar refractivity (Wildman–Crippen MR) is 103 cm³/mol. The van der Waals surface area contributed by atoms with Gasteiger partial charge in [0.15, 0.2) is 11.5 Å². The van der Waals surface area contributed by atoms with E-state index in [-0.39, 0.29) is 11.5 Å². The fourth-order valence-corrected chi connectivity index (χ4v) is 2.02. The topological polar surface area (TPSA) is 52.5 Å². The van der Waals surface area contributed by atoms with E-state index in [1.807, 2.05) is 43.5 Å². The van der Waals surface area contributed by atoms with Crippen LogP contribution in [0.5, 0.6) is 11.5 Å². The van der Waals surface area contributed by atoms with Gasteiger partial charge in [-0.1, -0.05) is 36.5 Å². The van der Waals surface area contributed by atoms with Crippen LogP contribution < -0.4 is 5.32 Å². The number of phenolic OH excluding ortho intramolecular Hbond substituents is 2. The molecule has 0 aliphatic heterocycles. The number of nitrogens with one attached hydrogen (secondary N) is 1. The van der Waals surface area contributed by atoms with E-state index in [0.717, 1.165) is 30.5 Å². The molecule has 0 aliphatic rings. The number of hydrogen-bond acceptors (Lipinski definition) is 3. The molecule has 3 nitrogen and oxygen atoms in total. The maximum absolute atomic E-state index is 9.60. The maximum Gasteiger partial charge on any atom is 0.160 e. The SMILES string of the molecule is C=C(/C=C\C=C/NCCCC(=C)C)/C=C/c1cc(C)c(O)c(O)c1. The molecule has 0 saturated heterocycles. The molecule has 0 heterocycles. The highest BCUT2D eigenvalue weighted by atomic mass is 16.3. The number of rotatable bonds is 9. The smallest absolute Gasteiger partial charge is 0.160 e. The molecule has 3 N–H and O–H groups in total. The van der Waals surface area contributed by atoms with Crippen LogP contribution in [0.3, 0.4) is 0 Å². The monoisotopic (exact) mass is 325 g/mol. The Morgan fingerprint density at radius 1 is 1.17 bits per heavy atom. The average molecular weight is 325 g/mol. The van der Waals surface area contributed by atoms with Crippen LogP contribution in [0.1, 0.15) is 30.9 Å². The molecule has 0 atom stereocenters. The first kappa shape index (κ1) is 19.4. The molecule has 0 bridgehead atoms. The average Bonchev–Trinajstić information content (AvgIpc) is 2.52. The van der Waals surface area contributed by atoms with Gasteiger partial charge in [0.25, 0.3) is 0 Å². The molecule has 0 saturated carbocycles. The van der Waals surface area contributed by atoms with E-state index in [1.54, 1.807) is 13.0 Å². The fourth-order valence-electron chi connectivity index (χ4n) is 2.02. The van der Waals surface area contributed by atoms with Gasteiger partial charge in [-0.15, -0.1) is 6.58 Å². The van der Waals surface area contributed by atoms with Gasteiger partial charge in [-0.05, 0) is 67.8 Å². The van der Waals surface area contributed by atoms with Gasteiger partial charge in [-0.3, -0.25) is 0 Å². The molecule has 0 aliphatic carbocycles. The van der Waals surface area contributed by atoms with Gasteiger partial charge in [0.05, 0.1) is 0 Å². The van der Waals surface area contributed by atoms with Gasteiger partial charge >= 0.3 is 0 Å². The minimum atomic E-state index is -0.114. The minimum absolute atomic E-state index is 0.0771. The normalized spacial score (nSPS) is 11.6. The van der Waals surface area contributed by atoms with E-state index < -0.39 is 0 Å². The van der Waals surface area contributed by atoms with E-state index in [1.165, 1.54) is 11.6 Å². The molecule has 1 aromatic rings. The van der Waals surface area contributed by atoms with Crippen molar-refractivity contribution in [1.82, 2.24) is 5.32 Å². The second-order valence-corrected chi connectivity index (χ2v) is 5.85. The van der Waals surface area contributed by atoms with Crippen LogP contribution in [0.25, 0.3) is 6.08 Å². The summed E-state index contributed by atoms with van der Waals surface area (Å²) in [4.78, 5) is 0. The van der Waals surface area contributed by atoms with Crippen molar-refractivity contribution in [2.75, 3.05) is 6.54 Å². The molecule has 0 unspecified atom stereocenters. The number of allylic oxidation sites excluding steroid dienone is 6. The molecule has 128 valence electrons. The summed E-state index contributed by atoms with van der Waals surface area (Å²) in [6, 6.07) is 3.32. The van der Waals surface area contributed by atoms with Crippen LogP contribution in [0.2, 0.25) is 0 Å². The van der Waals surface area contributed by atoms with Crippen molar-refractivity contribution in [2.24, 2.45) is 0 Å². The third kappa shape index (κ3) is 7.54. The van der Waals surface area contributed by atoms with Crippen molar-refractivity contribution >= 4 is 6.08 Å². The van der Waals surface area contributed by atoms with Gasteiger partial charge in [0, 0.05) is 6.54 Å². The fraction of sp³-hybridized carbons (Fsp3) is 0.238. The van der Waals surface area contributed by atoms with Crippen molar-refractivity contribution in [3.05, 3.63) is 78.1 Å². The summed E-state index contributed by atoms with van der Waals surface area (Å²) in [6.45, 7) is 12.5. The summed E-state index contributed by atoms with van der Waals surface area (Å²) in [7, 11) is 0. The lowest BCUT2D eigenvalue weighted by Gasteiger charge is -2.03. The van der Waals surface area contributed by atoms with E-state index in [4.69, 9.17) is 0 Å². The molecule has 3 heteroatoms. The lowest BCUT2D eigenvalue weighted by atomic mass is 10.1. The highest BCUT2D eigenvalue weighted by Gasteiger charge is 2.03. The van der Waals surface area contributed by atoms with Gasteiger partial charge in [-0.2, -0.15) is 0 Å². The third-order valence-corrected chi connectivity index (χ3v) is 3.35. The zero-order chi connectivity index (χ0) is 17.9. The maximum atomic E-state index is 9.60. The summed E-state index contributed by atoms with van der Waals surface area (Å²) in [6.07, 6.45) is 13.5. The highest BCUT2D eigenvalue weighted by Crippen LogP contribution is 2.30. The third-order valence-electron chi connectivity index (χ3n) is 3.35. The standard InChI is InChI=1S/C21H27NO2/c1-16(2)8-7-13-22-12-6-5-9-17(3)10-11-19-14-18(4)21(24)20(23)15-19/h5-6,9-12,14-15,22-24H,1,3,7-8,13H2,2,4H3/b9-5-,11-10+,12-6-. The zero-order valence-corrected chi connectivity index (χ0v) is 14.5. The number of benzene rings is 1. The van der Waals surface area contributed by atoms with Crippen molar-refractivity contribution in [1.29, 1.82) is 0 Å². The minimum Gasteiger partial charge on any atom is -0.504 e. The molecular weight excluding hydrogens is 298 g/mol. The number of aromatic hydroxyl groups is 2. The molecule has 0 amide bonds. The van der Waals surface area contributed by atoms with E-state index in [0.29, 0.717) is 5.56 Å². The zero-order valence-electron chi connectivity index (χ0n) is 14.5. The van der Waals surface area contributed by atoms with Crippen molar-refractivity contribution < 1.29 is 10.2 Å². The Kier molecular flexibility index (Phi) is 8.20. The van der Waals surface area contributed by atoms with E-state index in [2.05, 4.69) is 18.5 Å². The quantitative estimate of drug-likeness (QED) is 0.259. The van der Waals surface area contributed by atoms with E-state index in [9.17, 15) is 10.2 Å². The van der Waals surface area contributed by atoms with Crippen LogP contribution in [0.15, 0.2) is 66.9 Å². The van der Waals surface area contributed by atoms with Crippen LogP contribution in [-0.2, 0) is 0 Å². The van der Waals surface area contributed by atoms with Crippen molar-refractivity contribution in [3.63, 3.8) is 0 Å². The van der Waals surface area contributed by atoms with Gasteiger partial charge in [-0.25, -0.2) is 0 Å². The van der Waals surface area contributed by atoms with Crippen molar-refractivity contribution in [2.45, 2.75) is 26.7 Å². The van der Waals surface area contributed by atoms with Crippen LogP contribution in [-0.4, -0.2) is 16.8 Å². The lowest BCUT2D eigenvalue weighted by molar-refractivity contribution is 0.401. The van der Waals surface area contributed by atoms with Crippen molar-refractivity contribution in [3.8, 4) is 11.5 Å². The molecule has 0 spiro atoms. The number of phenols is 2. The molecule has 1 rings (SSSR count). The molecular formula is C21H27NO2. The lowest BCUT2D eigenvalue weighted by Crippen LogP contribution is -2.06. The number of aryl methyl sites for hydroxylation is 1. The Morgan fingerprint density at radius 2 is 1.92 bits per heavy atom. The first-order chi connectivity index (χ1) is 11.4. The molecule has 1 aromatic carbocycles. The molecule has 0 aromatic heterocycles. The Balaban J connectivity index is 2.41. The summed E-state index contributed by atoms with van der Waals surface area (Å²) < 4.78 is 0. The Bertz CT molecular complexity index is 643. The highest BCUT2D eigenvalue weighted by molar-refractivity contribution is 5.60. The molecule has 0 radical (unpaired) electrons. The first-order valence-electron chi connectivity index (χ1n) is 8.00. The summed E-state index contributed by atoms with van der Waals surface area (Å²) >= 11 is 0. The Morgan fingerprint density at radius 3 is 2.58 bits per heavy atom. The Hall–Kier alpha value is -2.68. The summed E-state index contributed by atoms with van der Waals surface area (Å²) in [5.74, 6) is -0.191. The van der Waals surface area contributed by atoms with E-state index >= 15 is 0 Å². The van der Waals surface area contributed by atoms with Gasteiger partial charge < -0.3 is 15.5 Å². The first-order valence-corrected chi connectivity index (χ1v) is 8.00.